The second kappa shape index (κ2) is 4.77. The lowest BCUT2D eigenvalue weighted by Crippen LogP contribution is -2.14. The summed E-state index contributed by atoms with van der Waals surface area (Å²) in [6.45, 7) is 1.64. The van der Waals surface area contributed by atoms with Crippen LogP contribution in [-0.4, -0.2) is 11.5 Å². The molecular weight excluding hydrogens is 224 g/mol. The molecule has 5 heteroatoms. The third-order valence-corrected chi connectivity index (χ3v) is 2.34. The summed E-state index contributed by atoms with van der Waals surface area (Å²) in [4.78, 5) is 0. The number of halogens is 3. The minimum Gasteiger partial charge on any atom is -0.507 e. The minimum absolute atomic E-state index is 0.0625. The summed E-state index contributed by atoms with van der Waals surface area (Å²) in [5.41, 5.74) is 6.33. The molecule has 0 fully saturated rings. The van der Waals surface area contributed by atoms with Crippen molar-refractivity contribution in [3.63, 3.8) is 0 Å². The molecule has 1 aromatic carbocycles. The van der Waals surface area contributed by atoms with Crippen LogP contribution in [0.15, 0.2) is 12.1 Å². The summed E-state index contributed by atoms with van der Waals surface area (Å²) in [6.07, 6.45) is -2.99. The van der Waals surface area contributed by atoms with Gasteiger partial charge in [-0.3, -0.25) is 0 Å². The molecule has 0 aliphatic carbocycles. The molecule has 2 nitrogen and oxygen atoms in total. The number of hydrogen-bond donors (Lipinski definition) is 2. The number of rotatable bonds is 3. The summed E-state index contributed by atoms with van der Waals surface area (Å²) < 4.78 is 24.2. The van der Waals surface area contributed by atoms with E-state index in [-0.39, 0.29) is 11.3 Å². The quantitative estimate of drug-likeness (QED) is 0.846. The Morgan fingerprint density at radius 3 is 2.60 bits per heavy atom. The van der Waals surface area contributed by atoms with Crippen molar-refractivity contribution in [2.75, 3.05) is 0 Å². The van der Waals surface area contributed by atoms with Crippen LogP contribution in [0, 0.1) is 6.92 Å². The van der Waals surface area contributed by atoms with Crippen molar-refractivity contribution in [1.82, 2.24) is 0 Å². The topological polar surface area (TPSA) is 46.2 Å². The summed E-state index contributed by atoms with van der Waals surface area (Å²) >= 11 is 5.75. The highest BCUT2D eigenvalue weighted by Gasteiger charge is 2.17. The van der Waals surface area contributed by atoms with E-state index in [0.29, 0.717) is 10.6 Å². The predicted molar refractivity (Wildman–Crippen MR) is 55.4 cm³/mol. The Morgan fingerprint density at radius 2 is 2.07 bits per heavy atom. The predicted octanol–water partition coefficient (Wildman–Crippen LogP) is 3.01. The van der Waals surface area contributed by atoms with Crippen LogP contribution >= 0.6 is 11.6 Å². The lowest BCUT2D eigenvalue weighted by molar-refractivity contribution is 0.128. The number of hydrogen-bond acceptors (Lipinski definition) is 2. The Hall–Kier alpha value is -0.870. The second-order valence-electron chi connectivity index (χ2n) is 3.39. The van der Waals surface area contributed by atoms with Crippen molar-refractivity contribution in [3.05, 3.63) is 28.3 Å². The Morgan fingerprint density at radius 1 is 1.47 bits per heavy atom. The van der Waals surface area contributed by atoms with Crippen molar-refractivity contribution in [2.45, 2.75) is 25.8 Å². The molecule has 0 unspecified atom stereocenters. The van der Waals surface area contributed by atoms with Crippen LogP contribution < -0.4 is 5.73 Å². The van der Waals surface area contributed by atoms with Crippen molar-refractivity contribution in [3.8, 4) is 5.75 Å². The van der Waals surface area contributed by atoms with Gasteiger partial charge in [0.1, 0.15) is 5.75 Å². The standard InChI is InChI=1S/C10H12ClF2NO/c1-5-2-6(11)3-7(10(5)15)8(14)4-9(12)13/h2-3,8-9,15H,4,14H2,1H3/t8-/m0/s1. The van der Waals surface area contributed by atoms with Gasteiger partial charge in [-0.1, -0.05) is 11.6 Å². The van der Waals surface area contributed by atoms with Crippen LogP contribution in [-0.2, 0) is 0 Å². The molecular formula is C10H12ClF2NO. The summed E-state index contributed by atoms with van der Waals surface area (Å²) in [7, 11) is 0. The fourth-order valence-electron chi connectivity index (χ4n) is 1.36. The largest absolute Gasteiger partial charge is 0.507 e. The number of phenols is 1. The van der Waals surface area contributed by atoms with Gasteiger partial charge in [0.05, 0.1) is 0 Å². The molecule has 3 N–H and O–H groups in total. The second-order valence-corrected chi connectivity index (χ2v) is 3.83. The Bertz CT molecular complexity index is 358. The average Bonchev–Trinajstić information content (AvgIpc) is 2.09. The molecule has 1 atom stereocenters. The van der Waals surface area contributed by atoms with E-state index in [9.17, 15) is 13.9 Å². The number of nitrogens with two attached hydrogens (primary N) is 1. The number of phenolic OH excluding ortho intramolecular Hbond substituents is 1. The van der Waals surface area contributed by atoms with E-state index >= 15 is 0 Å². The zero-order valence-electron chi connectivity index (χ0n) is 8.17. The maximum Gasteiger partial charge on any atom is 0.240 e. The van der Waals surface area contributed by atoms with Crippen molar-refractivity contribution in [2.24, 2.45) is 5.73 Å². The lowest BCUT2D eigenvalue weighted by Gasteiger charge is -2.15. The van der Waals surface area contributed by atoms with E-state index in [2.05, 4.69) is 0 Å². The van der Waals surface area contributed by atoms with Gasteiger partial charge in [0, 0.05) is 23.0 Å². The van der Waals surface area contributed by atoms with Gasteiger partial charge >= 0.3 is 0 Å². The Labute approximate surface area is 91.7 Å². The zero-order chi connectivity index (χ0) is 11.6. The van der Waals surface area contributed by atoms with Crippen molar-refractivity contribution in [1.29, 1.82) is 0 Å². The monoisotopic (exact) mass is 235 g/mol. The van der Waals surface area contributed by atoms with Crippen LogP contribution in [0.5, 0.6) is 5.75 Å². The molecule has 0 aliphatic heterocycles. The molecule has 15 heavy (non-hydrogen) atoms. The molecule has 0 spiro atoms. The molecule has 0 aliphatic rings. The fraction of sp³-hybridized carbons (Fsp3) is 0.400. The summed E-state index contributed by atoms with van der Waals surface area (Å²) in [5, 5.41) is 10.0. The Kier molecular flexibility index (Phi) is 3.88. The van der Waals surface area contributed by atoms with E-state index < -0.39 is 18.9 Å². The van der Waals surface area contributed by atoms with E-state index in [1.165, 1.54) is 6.07 Å². The highest BCUT2D eigenvalue weighted by molar-refractivity contribution is 6.30. The van der Waals surface area contributed by atoms with Gasteiger partial charge in [0.25, 0.3) is 0 Å². The van der Waals surface area contributed by atoms with E-state index in [1.807, 2.05) is 0 Å². The number of alkyl halides is 2. The fourth-order valence-corrected chi connectivity index (χ4v) is 1.64. The van der Waals surface area contributed by atoms with Gasteiger partial charge in [-0.25, -0.2) is 8.78 Å². The van der Waals surface area contributed by atoms with Gasteiger partial charge in [0.2, 0.25) is 6.43 Å². The molecule has 0 saturated carbocycles. The summed E-state index contributed by atoms with van der Waals surface area (Å²) in [5.74, 6) is -0.0625. The number of aromatic hydroxyl groups is 1. The maximum absolute atomic E-state index is 12.1. The highest BCUT2D eigenvalue weighted by Crippen LogP contribution is 2.32. The van der Waals surface area contributed by atoms with Crippen molar-refractivity contribution >= 4 is 11.6 Å². The first-order valence-corrected chi connectivity index (χ1v) is 4.82. The van der Waals surface area contributed by atoms with Gasteiger partial charge in [-0.05, 0) is 24.6 Å². The van der Waals surface area contributed by atoms with Crippen LogP contribution in [0.2, 0.25) is 5.02 Å². The molecule has 0 radical (unpaired) electrons. The van der Waals surface area contributed by atoms with Crippen LogP contribution in [0.3, 0.4) is 0 Å². The number of benzene rings is 1. The third-order valence-electron chi connectivity index (χ3n) is 2.13. The maximum atomic E-state index is 12.1. The third kappa shape index (κ3) is 3.04. The van der Waals surface area contributed by atoms with Crippen LogP contribution in [0.1, 0.15) is 23.6 Å². The molecule has 0 amide bonds. The van der Waals surface area contributed by atoms with Gasteiger partial charge in [0.15, 0.2) is 0 Å². The van der Waals surface area contributed by atoms with Gasteiger partial charge < -0.3 is 10.8 Å². The smallest absolute Gasteiger partial charge is 0.240 e. The first-order valence-electron chi connectivity index (χ1n) is 4.44. The molecule has 0 saturated heterocycles. The Balaban J connectivity index is 3.02. The first-order chi connectivity index (χ1) is 6.91. The normalized spacial score (nSPS) is 13.2. The molecule has 1 aromatic rings. The molecule has 84 valence electrons. The molecule has 1 rings (SSSR count). The van der Waals surface area contributed by atoms with E-state index in [0.717, 1.165) is 0 Å². The highest BCUT2D eigenvalue weighted by atomic mass is 35.5. The first kappa shape index (κ1) is 12.2. The SMILES string of the molecule is Cc1cc(Cl)cc([C@@H](N)CC(F)F)c1O. The van der Waals surface area contributed by atoms with Crippen LogP contribution in [0.4, 0.5) is 8.78 Å². The zero-order valence-corrected chi connectivity index (χ0v) is 8.93. The minimum atomic E-state index is -2.50. The van der Waals surface area contributed by atoms with Gasteiger partial charge in [-0.15, -0.1) is 0 Å². The number of aryl methyl sites for hydroxylation is 1. The lowest BCUT2D eigenvalue weighted by atomic mass is 10.0. The molecule has 0 bridgehead atoms. The van der Waals surface area contributed by atoms with E-state index in [4.69, 9.17) is 17.3 Å². The van der Waals surface area contributed by atoms with E-state index in [1.54, 1.807) is 13.0 Å². The molecule has 0 aromatic heterocycles. The van der Waals surface area contributed by atoms with Crippen LogP contribution in [0.25, 0.3) is 0 Å². The van der Waals surface area contributed by atoms with Crippen molar-refractivity contribution < 1.29 is 13.9 Å². The molecule has 0 heterocycles. The average molecular weight is 236 g/mol. The summed E-state index contributed by atoms with van der Waals surface area (Å²) in [6, 6.07) is 2.06. The van der Waals surface area contributed by atoms with Gasteiger partial charge in [-0.2, -0.15) is 0 Å².